The summed E-state index contributed by atoms with van der Waals surface area (Å²) in [6.45, 7) is 7.95. The molecule has 0 saturated carbocycles. The molecule has 0 amide bonds. The van der Waals surface area contributed by atoms with Crippen LogP contribution in [0.2, 0.25) is 0 Å². The van der Waals surface area contributed by atoms with Gasteiger partial charge in [0.15, 0.2) is 11.5 Å². The van der Waals surface area contributed by atoms with Crippen molar-refractivity contribution in [2.24, 2.45) is 0 Å². The summed E-state index contributed by atoms with van der Waals surface area (Å²) in [4.78, 5) is 2.50. The summed E-state index contributed by atoms with van der Waals surface area (Å²) >= 11 is 0. The van der Waals surface area contributed by atoms with Gasteiger partial charge in [0, 0.05) is 37.8 Å². The van der Waals surface area contributed by atoms with E-state index >= 15 is 0 Å². The Bertz CT molecular complexity index is 513. The van der Waals surface area contributed by atoms with E-state index < -0.39 is 0 Å². The van der Waals surface area contributed by atoms with E-state index in [0.29, 0.717) is 11.5 Å². The third-order valence-electron chi connectivity index (χ3n) is 4.33. The Morgan fingerprint density at radius 2 is 1.83 bits per heavy atom. The number of nitrogens with zero attached hydrogens (tertiary/aromatic N) is 1. The number of hydrogen-bond donors (Lipinski definition) is 1. The van der Waals surface area contributed by atoms with Gasteiger partial charge in [-0.1, -0.05) is 6.08 Å². The second-order valence-electron chi connectivity index (χ2n) is 5.59. The third-order valence-corrected chi connectivity index (χ3v) is 4.33. The molecule has 1 aromatic rings. The van der Waals surface area contributed by atoms with Gasteiger partial charge in [-0.25, -0.2) is 0 Å². The lowest BCUT2D eigenvalue weighted by molar-refractivity contribution is 0.162. The number of nitrogens with one attached hydrogen (secondary N) is 1. The summed E-state index contributed by atoms with van der Waals surface area (Å²) in [6.07, 6.45) is 3.95. The van der Waals surface area contributed by atoms with Crippen LogP contribution in [0.4, 0.5) is 0 Å². The van der Waals surface area contributed by atoms with Crippen LogP contribution < -0.4 is 19.5 Å². The van der Waals surface area contributed by atoms with E-state index in [1.54, 1.807) is 21.3 Å². The number of benzene rings is 1. The number of piperazine rings is 1. The van der Waals surface area contributed by atoms with Gasteiger partial charge in [0.1, 0.15) is 0 Å². The van der Waals surface area contributed by atoms with Gasteiger partial charge in [0.25, 0.3) is 0 Å². The maximum atomic E-state index is 5.69. The molecule has 1 aliphatic heterocycles. The Morgan fingerprint density at radius 1 is 1.13 bits per heavy atom. The fourth-order valence-corrected chi connectivity index (χ4v) is 3.19. The Morgan fingerprint density at radius 3 is 2.39 bits per heavy atom. The van der Waals surface area contributed by atoms with Crippen LogP contribution in [0.5, 0.6) is 17.2 Å². The number of rotatable bonds is 8. The second-order valence-corrected chi connectivity index (χ2v) is 5.59. The predicted molar refractivity (Wildman–Crippen MR) is 92.7 cm³/mol. The molecular weight excluding hydrogens is 292 g/mol. The van der Waals surface area contributed by atoms with Crippen LogP contribution in [0.3, 0.4) is 0 Å². The van der Waals surface area contributed by atoms with Crippen LogP contribution in [0.15, 0.2) is 24.8 Å². The Kier molecular flexibility index (Phi) is 6.74. The molecule has 1 atom stereocenters. The Balaban J connectivity index is 2.41. The summed E-state index contributed by atoms with van der Waals surface area (Å²) in [7, 11) is 4.97. The normalized spacial score (nSPS) is 16.7. The number of allylic oxidation sites excluding steroid dienone is 1. The van der Waals surface area contributed by atoms with Crippen LogP contribution in [0, 0.1) is 0 Å². The van der Waals surface area contributed by atoms with E-state index in [1.807, 2.05) is 12.1 Å². The minimum atomic E-state index is 0.282. The molecule has 0 unspecified atom stereocenters. The van der Waals surface area contributed by atoms with Gasteiger partial charge in [-0.15, -0.1) is 6.58 Å². The van der Waals surface area contributed by atoms with Crippen molar-refractivity contribution < 1.29 is 14.2 Å². The van der Waals surface area contributed by atoms with E-state index in [-0.39, 0.29) is 6.04 Å². The minimum Gasteiger partial charge on any atom is -0.493 e. The van der Waals surface area contributed by atoms with E-state index in [0.717, 1.165) is 50.3 Å². The quantitative estimate of drug-likeness (QED) is 0.746. The number of hydrogen-bond acceptors (Lipinski definition) is 5. The molecule has 0 radical (unpaired) electrons. The first-order valence-electron chi connectivity index (χ1n) is 8.11. The topological polar surface area (TPSA) is 43.0 Å². The molecule has 1 N–H and O–H groups in total. The molecule has 2 rings (SSSR count). The van der Waals surface area contributed by atoms with Crippen molar-refractivity contribution in [3.8, 4) is 17.2 Å². The highest BCUT2D eigenvalue weighted by molar-refractivity contribution is 5.56. The van der Waals surface area contributed by atoms with Gasteiger partial charge >= 0.3 is 0 Å². The SMILES string of the molecule is C=CCC[C@@H](c1ccc(OC)c(OC)c1OC)N1CCNCC1. The first-order chi connectivity index (χ1) is 11.3. The maximum Gasteiger partial charge on any atom is 0.203 e. The van der Waals surface area contributed by atoms with Gasteiger partial charge in [-0.3, -0.25) is 4.90 Å². The Labute approximate surface area is 139 Å². The van der Waals surface area contributed by atoms with Crippen molar-refractivity contribution in [2.45, 2.75) is 18.9 Å². The summed E-state index contributed by atoms with van der Waals surface area (Å²) in [6, 6.07) is 4.33. The van der Waals surface area contributed by atoms with E-state index in [1.165, 1.54) is 0 Å². The van der Waals surface area contributed by atoms with Gasteiger partial charge < -0.3 is 19.5 Å². The zero-order chi connectivity index (χ0) is 16.7. The molecule has 0 aromatic heterocycles. The van der Waals surface area contributed by atoms with Crippen LogP contribution in [0.1, 0.15) is 24.4 Å². The highest BCUT2D eigenvalue weighted by Crippen LogP contribution is 2.44. The highest BCUT2D eigenvalue weighted by Gasteiger charge is 2.27. The van der Waals surface area contributed by atoms with Crippen LogP contribution in [0.25, 0.3) is 0 Å². The molecule has 128 valence electrons. The zero-order valence-electron chi connectivity index (χ0n) is 14.4. The molecule has 0 spiro atoms. The molecule has 5 nitrogen and oxygen atoms in total. The lowest BCUT2D eigenvalue weighted by Gasteiger charge is -2.36. The first kappa shape index (κ1) is 17.6. The summed E-state index contributed by atoms with van der Waals surface area (Å²) in [5, 5.41) is 3.41. The highest BCUT2D eigenvalue weighted by atomic mass is 16.5. The Hall–Kier alpha value is -1.72. The molecule has 1 heterocycles. The molecule has 1 saturated heterocycles. The standard InChI is InChI=1S/C18H28N2O3/c1-5-6-7-15(20-12-10-19-11-13-20)14-8-9-16(21-2)18(23-4)17(14)22-3/h5,8-9,15,19H,1,6-7,10-13H2,2-4H3/t15-/m0/s1. The number of ether oxygens (including phenoxy) is 3. The second kappa shape index (κ2) is 8.79. The van der Waals surface area contributed by atoms with E-state index in [9.17, 15) is 0 Å². The van der Waals surface area contributed by atoms with E-state index in [4.69, 9.17) is 14.2 Å². The van der Waals surface area contributed by atoms with Crippen molar-refractivity contribution in [3.63, 3.8) is 0 Å². The van der Waals surface area contributed by atoms with Gasteiger partial charge in [0.2, 0.25) is 5.75 Å². The van der Waals surface area contributed by atoms with Crippen molar-refractivity contribution in [1.29, 1.82) is 0 Å². The van der Waals surface area contributed by atoms with Gasteiger partial charge in [-0.2, -0.15) is 0 Å². The van der Waals surface area contributed by atoms with Crippen molar-refractivity contribution in [3.05, 3.63) is 30.4 Å². The van der Waals surface area contributed by atoms with Gasteiger partial charge in [0.05, 0.1) is 21.3 Å². The lowest BCUT2D eigenvalue weighted by atomic mass is 9.97. The van der Waals surface area contributed by atoms with E-state index in [2.05, 4.69) is 22.9 Å². The first-order valence-corrected chi connectivity index (χ1v) is 8.11. The maximum absolute atomic E-state index is 5.69. The molecule has 1 aliphatic rings. The van der Waals surface area contributed by atoms with Gasteiger partial charge in [-0.05, 0) is 25.0 Å². The molecule has 1 aromatic carbocycles. The van der Waals surface area contributed by atoms with Crippen LogP contribution >= 0.6 is 0 Å². The molecule has 0 aliphatic carbocycles. The summed E-state index contributed by atoms with van der Waals surface area (Å²) in [5.74, 6) is 2.11. The minimum absolute atomic E-state index is 0.282. The zero-order valence-corrected chi connectivity index (χ0v) is 14.4. The average molecular weight is 320 g/mol. The monoisotopic (exact) mass is 320 g/mol. The predicted octanol–water partition coefficient (Wildman–Crippen LogP) is 2.62. The van der Waals surface area contributed by atoms with Crippen LogP contribution in [-0.4, -0.2) is 52.4 Å². The molecule has 1 fully saturated rings. The lowest BCUT2D eigenvalue weighted by Crippen LogP contribution is -2.45. The smallest absolute Gasteiger partial charge is 0.203 e. The fraction of sp³-hybridized carbons (Fsp3) is 0.556. The molecule has 0 bridgehead atoms. The fourth-order valence-electron chi connectivity index (χ4n) is 3.19. The molecular formula is C18H28N2O3. The third kappa shape index (κ3) is 3.98. The van der Waals surface area contributed by atoms with Crippen molar-refractivity contribution in [1.82, 2.24) is 10.2 Å². The summed E-state index contributed by atoms with van der Waals surface area (Å²) < 4.78 is 16.6. The van der Waals surface area contributed by atoms with Crippen LogP contribution in [-0.2, 0) is 0 Å². The average Bonchev–Trinajstić information content (AvgIpc) is 2.62. The van der Waals surface area contributed by atoms with Crippen molar-refractivity contribution >= 4 is 0 Å². The molecule has 23 heavy (non-hydrogen) atoms. The van der Waals surface area contributed by atoms with Crippen molar-refractivity contribution in [2.75, 3.05) is 47.5 Å². The summed E-state index contributed by atoms with van der Waals surface area (Å²) in [5.41, 5.74) is 1.15. The number of methoxy groups -OCH3 is 3. The molecule has 5 heteroatoms. The largest absolute Gasteiger partial charge is 0.493 e.